The third kappa shape index (κ3) is 5.84. The molecule has 2 amide bonds. The molecular formula is C28H34N2O5. The molecule has 0 aliphatic heterocycles. The molecule has 1 saturated carbocycles. The van der Waals surface area contributed by atoms with Crippen LogP contribution in [0.3, 0.4) is 0 Å². The molecule has 2 aliphatic carbocycles. The molecule has 0 saturated heterocycles. The van der Waals surface area contributed by atoms with Crippen LogP contribution >= 0.6 is 0 Å². The molecule has 3 N–H and O–H groups in total. The third-order valence-electron chi connectivity index (χ3n) is 7.33. The van der Waals surface area contributed by atoms with Gasteiger partial charge in [-0.2, -0.15) is 0 Å². The molecule has 2 aromatic carbocycles. The lowest BCUT2D eigenvalue weighted by molar-refractivity contribution is -0.142. The van der Waals surface area contributed by atoms with Crippen molar-refractivity contribution in [2.24, 2.45) is 11.8 Å². The Bertz CT molecular complexity index is 1020. The number of fused-ring (bicyclic) bond motifs is 3. The number of amides is 2. The summed E-state index contributed by atoms with van der Waals surface area (Å²) < 4.78 is 5.55. The van der Waals surface area contributed by atoms with Gasteiger partial charge in [-0.05, 0) is 41.0 Å². The van der Waals surface area contributed by atoms with Crippen LogP contribution in [0.15, 0.2) is 48.5 Å². The van der Waals surface area contributed by atoms with Crippen molar-refractivity contribution in [2.75, 3.05) is 13.2 Å². The number of alkyl carbamates (subject to hydrolysis) is 1. The molecule has 186 valence electrons. The Kier molecular flexibility index (Phi) is 8.06. The topological polar surface area (TPSA) is 105 Å². The van der Waals surface area contributed by atoms with Crippen LogP contribution in [0.25, 0.3) is 11.1 Å². The molecule has 0 heterocycles. The standard InChI is InChI=1S/C28H34N2O5/c1-2-25(26(31)29-16-19(27(32)33)15-18-9-3-4-10-18)30-28(34)35-17-24-22-13-7-5-11-20(22)21-12-6-8-14-23(21)24/h5-8,11-14,18-19,24-25H,2-4,9-10,15-17H2,1H3,(H,29,31)(H,30,34)(H,32,33)/t19?,25-/m1/s1. The predicted octanol–water partition coefficient (Wildman–Crippen LogP) is 4.70. The Labute approximate surface area is 206 Å². The maximum Gasteiger partial charge on any atom is 0.407 e. The van der Waals surface area contributed by atoms with Gasteiger partial charge in [0.15, 0.2) is 0 Å². The Morgan fingerprint density at radius 2 is 1.60 bits per heavy atom. The highest BCUT2D eigenvalue weighted by molar-refractivity contribution is 5.86. The number of rotatable bonds is 10. The van der Waals surface area contributed by atoms with Gasteiger partial charge in [0.2, 0.25) is 5.91 Å². The number of carboxylic acids is 1. The second kappa shape index (κ2) is 11.4. The number of hydrogen-bond donors (Lipinski definition) is 3. The Morgan fingerprint density at radius 1 is 1.00 bits per heavy atom. The van der Waals surface area contributed by atoms with Gasteiger partial charge in [-0.15, -0.1) is 0 Å². The minimum Gasteiger partial charge on any atom is -0.481 e. The first kappa shape index (κ1) is 24.8. The molecular weight excluding hydrogens is 444 g/mol. The van der Waals surface area contributed by atoms with Crippen LogP contribution in [0.2, 0.25) is 0 Å². The van der Waals surface area contributed by atoms with Gasteiger partial charge in [-0.25, -0.2) is 4.79 Å². The number of aliphatic carboxylic acids is 1. The normalized spacial score (nSPS) is 16.7. The van der Waals surface area contributed by atoms with E-state index in [4.69, 9.17) is 4.74 Å². The van der Waals surface area contributed by atoms with Gasteiger partial charge < -0.3 is 20.5 Å². The van der Waals surface area contributed by atoms with E-state index in [1.807, 2.05) is 36.4 Å². The van der Waals surface area contributed by atoms with Gasteiger partial charge in [0.1, 0.15) is 12.6 Å². The average molecular weight is 479 g/mol. The molecule has 7 heteroatoms. The van der Waals surface area contributed by atoms with E-state index in [1.165, 1.54) is 0 Å². The van der Waals surface area contributed by atoms with Crippen LogP contribution in [0.5, 0.6) is 0 Å². The number of carboxylic acid groups (broad SMARTS) is 1. The second-order valence-electron chi connectivity index (χ2n) is 9.60. The van der Waals surface area contributed by atoms with Crippen molar-refractivity contribution in [3.8, 4) is 11.1 Å². The SMILES string of the molecule is CC[C@@H](NC(=O)OCC1c2ccccc2-c2ccccc21)C(=O)NCC(CC1CCCC1)C(=O)O. The zero-order chi connectivity index (χ0) is 24.8. The van der Waals surface area contributed by atoms with Gasteiger partial charge in [0, 0.05) is 12.5 Å². The number of carbonyl (C=O) groups is 3. The number of carbonyl (C=O) groups excluding carboxylic acids is 2. The monoisotopic (exact) mass is 478 g/mol. The highest BCUT2D eigenvalue weighted by atomic mass is 16.5. The van der Waals surface area contributed by atoms with E-state index in [9.17, 15) is 19.5 Å². The molecule has 1 unspecified atom stereocenters. The van der Waals surface area contributed by atoms with E-state index in [0.29, 0.717) is 18.8 Å². The fraction of sp³-hybridized carbons (Fsp3) is 0.464. The summed E-state index contributed by atoms with van der Waals surface area (Å²) in [6.07, 6.45) is 4.69. The maximum atomic E-state index is 12.7. The Hall–Kier alpha value is -3.35. The molecule has 35 heavy (non-hydrogen) atoms. The predicted molar refractivity (Wildman–Crippen MR) is 133 cm³/mol. The summed E-state index contributed by atoms with van der Waals surface area (Å²) in [5.41, 5.74) is 4.53. The van der Waals surface area contributed by atoms with Crippen molar-refractivity contribution in [2.45, 2.75) is 57.4 Å². The minimum atomic E-state index is -0.894. The summed E-state index contributed by atoms with van der Waals surface area (Å²) in [5, 5.41) is 14.9. The van der Waals surface area contributed by atoms with Gasteiger partial charge in [0.25, 0.3) is 0 Å². The van der Waals surface area contributed by atoms with Crippen molar-refractivity contribution in [1.82, 2.24) is 10.6 Å². The summed E-state index contributed by atoms with van der Waals surface area (Å²) in [6, 6.07) is 15.4. The Balaban J connectivity index is 1.30. The summed E-state index contributed by atoms with van der Waals surface area (Å²) in [6.45, 7) is 2.02. The summed E-state index contributed by atoms with van der Waals surface area (Å²) >= 11 is 0. The van der Waals surface area contributed by atoms with Crippen LogP contribution in [-0.2, 0) is 14.3 Å². The zero-order valence-electron chi connectivity index (χ0n) is 20.2. The molecule has 1 fully saturated rings. The van der Waals surface area contributed by atoms with Crippen molar-refractivity contribution in [3.05, 3.63) is 59.7 Å². The zero-order valence-corrected chi connectivity index (χ0v) is 20.2. The second-order valence-corrected chi connectivity index (χ2v) is 9.60. The Morgan fingerprint density at radius 3 is 2.17 bits per heavy atom. The van der Waals surface area contributed by atoms with Crippen molar-refractivity contribution in [3.63, 3.8) is 0 Å². The van der Waals surface area contributed by atoms with E-state index >= 15 is 0 Å². The number of hydrogen-bond acceptors (Lipinski definition) is 4. The quantitative estimate of drug-likeness (QED) is 0.459. The van der Waals surface area contributed by atoms with Crippen LogP contribution in [0.1, 0.15) is 62.5 Å². The first-order chi connectivity index (χ1) is 17.0. The van der Waals surface area contributed by atoms with E-state index < -0.39 is 29.9 Å². The molecule has 0 radical (unpaired) electrons. The van der Waals surface area contributed by atoms with Gasteiger partial charge in [-0.1, -0.05) is 81.1 Å². The largest absolute Gasteiger partial charge is 0.481 e. The van der Waals surface area contributed by atoms with Gasteiger partial charge in [-0.3, -0.25) is 9.59 Å². The summed E-state index contributed by atoms with van der Waals surface area (Å²) in [4.78, 5) is 36.9. The number of ether oxygens (including phenoxy) is 1. The molecule has 7 nitrogen and oxygen atoms in total. The van der Waals surface area contributed by atoms with E-state index in [2.05, 4.69) is 22.8 Å². The number of benzene rings is 2. The highest BCUT2D eigenvalue weighted by Crippen LogP contribution is 2.44. The van der Waals surface area contributed by atoms with E-state index in [0.717, 1.165) is 47.9 Å². The lowest BCUT2D eigenvalue weighted by atomic mass is 9.93. The van der Waals surface area contributed by atoms with Crippen molar-refractivity contribution in [1.29, 1.82) is 0 Å². The van der Waals surface area contributed by atoms with Crippen LogP contribution < -0.4 is 10.6 Å². The maximum absolute atomic E-state index is 12.7. The molecule has 2 atom stereocenters. The van der Waals surface area contributed by atoms with Gasteiger partial charge in [0.05, 0.1) is 5.92 Å². The third-order valence-corrected chi connectivity index (χ3v) is 7.33. The summed E-state index contributed by atoms with van der Waals surface area (Å²) in [5.74, 6) is -1.55. The van der Waals surface area contributed by atoms with Crippen molar-refractivity contribution < 1.29 is 24.2 Å². The molecule has 0 bridgehead atoms. The van der Waals surface area contributed by atoms with Gasteiger partial charge >= 0.3 is 12.1 Å². The fourth-order valence-corrected chi connectivity index (χ4v) is 5.40. The molecule has 4 rings (SSSR count). The first-order valence-electron chi connectivity index (χ1n) is 12.6. The molecule has 2 aliphatic rings. The minimum absolute atomic E-state index is 0.0611. The molecule has 0 aromatic heterocycles. The van der Waals surface area contributed by atoms with Crippen LogP contribution in [0.4, 0.5) is 4.79 Å². The average Bonchev–Trinajstić information content (AvgIpc) is 3.49. The van der Waals surface area contributed by atoms with E-state index in [-0.39, 0.29) is 19.1 Å². The highest BCUT2D eigenvalue weighted by Gasteiger charge is 2.30. The lowest BCUT2D eigenvalue weighted by Gasteiger charge is -2.21. The van der Waals surface area contributed by atoms with Crippen LogP contribution in [0, 0.1) is 11.8 Å². The van der Waals surface area contributed by atoms with Crippen LogP contribution in [-0.4, -0.2) is 42.3 Å². The van der Waals surface area contributed by atoms with E-state index in [1.54, 1.807) is 6.92 Å². The summed E-state index contributed by atoms with van der Waals surface area (Å²) in [7, 11) is 0. The molecule has 2 aromatic rings. The lowest BCUT2D eigenvalue weighted by Crippen LogP contribution is -2.48. The smallest absolute Gasteiger partial charge is 0.407 e. The van der Waals surface area contributed by atoms with Crippen molar-refractivity contribution >= 4 is 18.0 Å². The fourth-order valence-electron chi connectivity index (χ4n) is 5.40. The number of nitrogens with one attached hydrogen (secondary N) is 2. The molecule has 0 spiro atoms. The first-order valence-corrected chi connectivity index (χ1v) is 12.6.